The lowest BCUT2D eigenvalue weighted by molar-refractivity contribution is 0.520. The van der Waals surface area contributed by atoms with Crippen molar-refractivity contribution in [2.24, 2.45) is 5.14 Å². The maximum absolute atomic E-state index is 11.8. The lowest BCUT2D eigenvalue weighted by Crippen LogP contribution is -2.23. The van der Waals surface area contributed by atoms with Crippen LogP contribution in [0.3, 0.4) is 0 Å². The second-order valence-corrected chi connectivity index (χ2v) is 7.50. The summed E-state index contributed by atoms with van der Waals surface area (Å²) in [5.41, 5.74) is 3.97. The molecule has 0 amide bonds. The van der Waals surface area contributed by atoms with Crippen molar-refractivity contribution in [1.29, 1.82) is 0 Å². The smallest absolute Gasteiger partial charge is 0.239 e. The first-order chi connectivity index (χ1) is 10.0. The number of fused-ring (bicyclic) bond motifs is 4. The zero-order valence-electron chi connectivity index (χ0n) is 11.0. The third-order valence-corrected chi connectivity index (χ3v) is 5.78. The van der Waals surface area contributed by atoms with Crippen LogP contribution in [0, 0.1) is 0 Å². The number of sulfonamides is 1. The second kappa shape index (κ2) is 4.30. The second-order valence-electron chi connectivity index (χ2n) is 5.06. The number of rotatable bonds is 1. The van der Waals surface area contributed by atoms with Gasteiger partial charge in [-0.1, -0.05) is 24.3 Å². The molecule has 0 aliphatic carbocycles. The van der Waals surface area contributed by atoms with Crippen LogP contribution in [-0.2, 0) is 16.6 Å². The maximum Gasteiger partial charge on any atom is 0.239 e. The van der Waals surface area contributed by atoms with Crippen molar-refractivity contribution in [3.63, 3.8) is 0 Å². The van der Waals surface area contributed by atoms with E-state index in [1.54, 1.807) is 5.38 Å². The molecule has 0 saturated carbocycles. The Kier molecular flexibility index (Phi) is 2.63. The third-order valence-electron chi connectivity index (χ3n) is 3.75. The molecule has 4 nitrogen and oxygen atoms in total. The van der Waals surface area contributed by atoms with E-state index in [2.05, 4.69) is 11.0 Å². The zero-order chi connectivity index (χ0) is 14.6. The van der Waals surface area contributed by atoms with Gasteiger partial charge in [0, 0.05) is 28.6 Å². The van der Waals surface area contributed by atoms with Crippen molar-refractivity contribution < 1.29 is 8.42 Å². The highest BCUT2D eigenvalue weighted by Gasteiger charge is 2.29. The van der Waals surface area contributed by atoms with Crippen LogP contribution in [0.15, 0.2) is 40.7 Å². The SMILES string of the molecule is NS(=O)(=O)c1csc2c1C1=Cc3ccccc3CN1C=C2. The molecule has 2 N–H and O–H groups in total. The minimum atomic E-state index is -3.72. The highest BCUT2D eigenvalue weighted by Crippen LogP contribution is 2.41. The van der Waals surface area contributed by atoms with E-state index in [1.165, 1.54) is 16.9 Å². The van der Waals surface area contributed by atoms with Crippen molar-refractivity contribution in [2.45, 2.75) is 11.4 Å². The van der Waals surface area contributed by atoms with Crippen LogP contribution in [0.2, 0.25) is 0 Å². The predicted octanol–water partition coefficient (Wildman–Crippen LogP) is 2.69. The summed E-state index contributed by atoms with van der Waals surface area (Å²) in [5, 5.41) is 6.97. The first kappa shape index (κ1) is 12.8. The van der Waals surface area contributed by atoms with Crippen molar-refractivity contribution >= 4 is 39.2 Å². The fraction of sp³-hybridized carbons (Fsp3) is 0.0667. The van der Waals surface area contributed by atoms with E-state index in [9.17, 15) is 8.42 Å². The number of primary sulfonamides is 1. The molecule has 2 aromatic rings. The van der Waals surface area contributed by atoms with E-state index < -0.39 is 10.0 Å². The van der Waals surface area contributed by atoms with E-state index >= 15 is 0 Å². The number of nitrogens with zero attached hydrogens (tertiary/aromatic N) is 1. The van der Waals surface area contributed by atoms with Crippen LogP contribution in [0.25, 0.3) is 17.8 Å². The number of hydrogen-bond acceptors (Lipinski definition) is 4. The summed E-state index contributed by atoms with van der Waals surface area (Å²) in [4.78, 5) is 3.20. The van der Waals surface area contributed by atoms with E-state index in [0.717, 1.165) is 28.2 Å². The van der Waals surface area contributed by atoms with Gasteiger partial charge in [-0.05, 0) is 23.3 Å². The van der Waals surface area contributed by atoms with Crippen LogP contribution < -0.4 is 5.14 Å². The van der Waals surface area contributed by atoms with Crippen molar-refractivity contribution in [1.82, 2.24) is 4.90 Å². The Balaban J connectivity index is 1.99. The monoisotopic (exact) mass is 316 g/mol. The lowest BCUT2D eigenvalue weighted by atomic mass is 9.97. The molecule has 0 atom stereocenters. The van der Waals surface area contributed by atoms with Crippen LogP contribution in [0.1, 0.15) is 21.6 Å². The molecule has 2 aliphatic heterocycles. The van der Waals surface area contributed by atoms with Gasteiger partial charge in [0.2, 0.25) is 10.0 Å². The van der Waals surface area contributed by atoms with Gasteiger partial charge in [-0.25, -0.2) is 13.6 Å². The number of thiophene rings is 1. The quantitative estimate of drug-likeness (QED) is 0.880. The Hall–Kier alpha value is -1.89. The average molecular weight is 316 g/mol. The molecule has 3 heterocycles. The van der Waals surface area contributed by atoms with Crippen LogP contribution in [-0.4, -0.2) is 13.3 Å². The van der Waals surface area contributed by atoms with Gasteiger partial charge >= 0.3 is 0 Å². The Bertz CT molecular complexity index is 908. The largest absolute Gasteiger partial charge is 0.343 e. The Morgan fingerprint density at radius 3 is 2.86 bits per heavy atom. The molecule has 6 heteroatoms. The highest BCUT2D eigenvalue weighted by molar-refractivity contribution is 7.89. The lowest BCUT2D eigenvalue weighted by Gasteiger charge is -2.31. The molecule has 106 valence electrons. The molecule has 4 rings (SSSR count). The number of hydrogen-bond donors (Lipinski definition) is 1. The summed E-state index contributed by atoms with van der Waals surface area (Å²) in [7, 11) is -3.72. The summed E-state index contributed by atoms with van der Waals surface area (Å²) in [6, 6.07) is 8.12. The summed E-state index contributed by atoms with van der Waals surface area (Å²) in [6.45, 7) is 0.734. The van der Waals surface area contributed by atoms with Gasteiger partial charge in [0.1, 0.15) is 4.90 Å². The van der Waals surface area contributed by atoms with Gasteiger partial charge in [0.05, 0.1) is 5.70 Å². The van der Waals surface area contributed by atoms with Gasteiger partial charge in [-0.3, -0.25) is 0 Å². The molecule has 0 saturated heterocycles. The fourth-order valence-electron chi connectivity index (χ4n) is 2.77. The molecule has 0 fully saturated rings. The van der Waals surface area contributed by atoms with Gasteiger partial charge in [-0.15, -0.1) is 11.3 Å². The summed E-state index contributed by atoms with van der Waals surface area (Å²) in [5.74, 6) is 0. The summed E-state index contributed by atoms with van der Waals surface area (Å²) in [6.07, 6.45) is 5.97. The first-order valence-corrected chi connectivity index (χ1v) is 8.86. The normalized spacial score (nSPS) is 16.0. The maximum atomic E-state index is 11.8. The first-order valence-electron chi connectivity index (χ1n) is 6.43. The molecular formula is C15H12N2O2S2. The van der Waals surface area contributed by atoms with Crippen molar-refractivity contribution in [3.8, 4) is 0 Å². The van der Waals surface area contributed by atoms with Gasteiger partial charge in [-0.2, -0.15) is 0 Å². The van der Waals surface area contributed by atoms with E-state index in [1.807, 2.05) is 36.6 Å². The molecule has 0 spiro atoms. The fourth-order valence-corrected chi connectivity index (χ4v) is 4.83. The van der Waals surface area contributed by atoms with Crippen LogP contribution in [0.4, 0.5) is 0 Å². The van der Waals surface area contributed by atoms with E-state index in [-0.39, 0.29) is 4.90 Å². The summed E-state index contributed by atoms with van der Waals surface area (Å²) < 4.78 is 23.6. The van der Waals surface area contributed by atoms with Crippen LogP contribution >= 0.6 is 11.3 Å². The average Bonchev–Trinajstić information content (AvgIpc) is 2.89. The minimum Gasteiger partial charge on any atom is -0.343 e. The van der Waals surface area contributed by atoms with Crippen LogP contribution in [0.5, 0.6) is 0 Å². The minimum absolute atomic E-state index is 0.211. The zero-order valence-corrected chi connectivity index (χ0v) is 12.6. The molecule has 0 unspecified atom stereocenters. The third kappa shape index (κ3) is 1.95. The Labute approximate surface area is 126 Å². The Morgan fingerprint density at radius 1 is 1.24 bits per heavy atom. The summed E-state index contributed by atoms with van der Waals surface area (Å²) >= 11 is 1.40. The number of nitrogens with two attached hydrogens (primary N) is 1. The molecule has 2 aliphatic rings. The van der Waals surface area contributed by atoms with E-state index in [4.69, 9.17) is 5.14 Å². The molecule has 0 bridgehead atoms. The molecular weight excluding hydrogens is 304 g/mol. The molecule has 21 heavy (non-hydrogen) atoms. The molecule has 1 aromatic heterocycles. The number of benzene rings is 1. The predicted molar refractivity (Wildman–Crippen MR) is 84.6 cm³/mol. The topological polar surface area (TPSA) is 63.4 Å². The van der Waals surface area contributed by atoms with Gasteiger partial charge < -0.3 is 4.90 Å². The van der Waals surface area contributed by atoms with Crippen molar-refractivity contribution in [3.05, 3.63) is 57.4 Å². The highest BCUT2D eigenvalue weighted by atomic mass is 32.2. The van der Waals surface area contributed by atoms with E-state index in [0.29, 0.717) is 0 Å². The Morgan fingerprint density at radius 2 is 2.05 bits per heavy atom. The van der Waals surface area contributed by atoms with Gasteiger partial charge in [0.25, 0.3) is 0 Å². The standard InChI is InChI=1S/C15H12N2O2S2/c16-21(18,19)14-9-20-13-5-6-17-8-11-4-2-1-3-10(11)7-12(17)15(13)14/h1-7,9H,8H2,(H2,16,18,19). The molecule has 1 aromatic carbocycles. The van der Waals surface area contributed by atoms with Gasteiger partial charge in [0.15, 0.2) is 0 Å². The molecule has 0 radical (unpaired) electrons. The van der Waals surface area contributed by atoms with Crippen molar-refractivity contribution in [2.75, 3.05) is 0 Å².